The summed E-state index contributed by atoms with van der Waals surface area (Å²) in [5, 5.41) is 4.41. The number of rotatable bonds is 4. The van der Waals surface area contributed by atoms with Crippen LogP contribution in [0.1, 0.15) is 73.5 Å². The maximum absolute atomic E-state index is 14.0. The maximum Gasteiger partial charge on any atom is 0.271 e. The van der Waals surface area contributed by atoms with Crippen LogP contribution in [0.15, 0.2) is 54.6 Å². The maximum atomic E-state index is 14.0. The second kappa shape index (κ2) is 9.28. The van der Waals surface area contributed by atoms with Gasteiger partial charge in [0.15, 0.2) is 0 Å². The smallest absolute Gasteiger partial charge is 0.271 e. The van der Waals surface area contributed by atoms with Crippen LogP contribution in [-0.2, 0) is 17.9 Å². The molecule has 0 saturated heterocycles. The molecule has 0 radical (unpaired) electrons. The Hall–Kier alpha value is -3.08. The Balaban J connectivity index is 1.52. The molecule has 2 heterocycles. The van der Waals surface area contributed by atoms with Crippen molar-refractivity contribution in [3.8, 4) is 0 Å². The van der Waals surface area contributed by atoms with E-state index in [1.807, 2.05) is 58.9 Å². The number of amides is 2. The lowest BCUT2D eigenvalue weighted by Crippen LogP contribution is -2.64. The first-order valence-corrected chi connectivity index (χ1v) is 12.7. The Bertz CT molecular complexity index is 1210. The summed E-state index contributed by atoms with van der Waals surface area (Å²) < 4.78 is 2.05. The first-order chi connectivity index (χ1) is 16.5. The minimum atomic E-state index is -0.976. The molecule has 0 unspecified atom stereocenters. The van der Waals surface area contributed by atoms with Crippen molar-refractivity contribution < 1.29 is 9.59 Å². The van der Waals surface area contributed by atoms with Gasteiger partial charge in [0.2, 0.25) is 5.91 Å². The standard InChI is InChI=1S/C29H35N3O2/c1-21-12-8-9-14-23(21)19-32-27(33)26-18-22-13-10-11-17-25(22)31(26)20-29(32,2)28(34)30-24-15-6-4-3-5-7-16-24/h8-14,17-18,24H,3-7,15-16,19-20H2,1-2H3,(H,30,34)/t29-/m0/s1. The zero-order valence-electron chi connectivity index (χ0n) is 20.3. The van der Waals surface area contributed by atoms with Crippen molar-refractivity contribution in [3.63, 3.8) is 0 Å². The Kier molecular flexibility index (Phi) is 6.20. The Labute approximate surface area is 202 Å². The van der Waals surface area contributed by atoms with E-state index in [0.717, 1.165) is 47.7 Å². The molecule has 2 aromatic carbocycles. The molecule has 3 aromatic rings. The van der Waals surface area contributed by atoms with Crippen LogP contribution >= 0.6 is 0 Å². The molecular weight excluding hydrogens is 422 g/mol. The van der Waals surface area contributed by atoms with Gasteiger partial charge in [-0.25, -0.2) is 0 Å². The van der Waals surface area contributed by atoms with Gasteiger partial charge in [0.25, 0.3) is 5.91 Å². The van der Waals surface area contributed by atoms with Gasteiger partial charge in [-0.15, -0.1) is 0 Å². The topological polar surface area (TPSA) is 54.3 Å². The number of benzene rings is 2. The fourth-order valence-electron chi connectivity index (χ4n) is 5.65. The van der Waals surface area contributed by atoms with Gasteiger partial charge in [0.1, 0.15) is 11.2 Å². The molecule has 5 heteroatoms. The summed E-state index contributed by atoms with van der Waals surface area (Å²) in [6, 6.07) is 18.3. The number of nitrogens with one attached hydrogen (secondary N) is 1. The number of aromatic nitrogens is 1. The normalized spacial score (nSPS) is 21.7. The molecule has 5 rings (SSSR count). The molecule has 1 saturated carbocycles. The molecule has 1 aromatic heterocycles. The average Bonchev–Trinajstić information content (AvgIpc) is 3.18. The van der Waals surface area contributed by atoms with E-state index in [0.29, 0.717) is 18.8 Å². The largest absolute Gasteiger partial charge is 0.351 e. The third-order valence-electron chi connectivity index (χ3n) is 7.86. The number of hydrogen-bond acceptors (Lipinski definition) is 2. The summed E-state index contributed by atoms with van der Waals surface area (Å²) in [5.41, 5.74) is 2.89. The van der Waals surface area contributed by atoms with Gasteiger partial charge >= 0.3 is 0 Å². The fraction of sp³-hybridized carbons (Fsp3) is 0.448. The van der Waals surface area contributed by atoms with Crippen LogP contribution in [0.3, 0.4) is 0 Å². The molecule has 0 bridgehead atoms. The Morgan fingerprint density at radius 1 is 1.00 bits per heavy atom. The van der Waals surface area contributed by atoms with Gasteiger partial charge < -0.3 is 14.8 Å². The highest BCUT2D eigenvalue weighted by molar-refractivity contribution is 6.03. The molecule has 0 spiro atoms. The molecular formula is C29H35N3O2. The van der Waals surface area contributed by atoms with Crippen LogP contribution in [-0.4, -0.2) is 32.9 Å². The van der Waals surface area contributed by atoms with Crippen molar-refractivity contribution >= 4 is 22.7 Å². The van der Waals surface area contributed by atoms with Crippen molar-refractivity contribution in [1.29, 1.82) is 0 Å². The van der Waals surface area contributed by atoms with Crippen LogP contribution in [0.2, 0.25) is 0 Å². The van der Waals surface area contributed by atoms with E-state index < -0.39 is 5.54 Å². The van der Waals surface area contributed by atoms with E-state index in [4.69, 9.17) is 0 Å². The summed E-state index contributed by atoms with van der Waals surface area (Å²) >= 11 is 0. The van der Waals surface area contributed by atoms with Crippen molar-refractivity contribution in [1.82, 2.24) is 14.8 Å². The van der Waals surface area contributed by atoms with Crippen LogP contribution in [0.5, 0.6) is 0 Å². The zero-order valence-corrected chi connectivity index (χ0v) is 20.3. The number of nitrogens with zero attached hydrogens (tertiary/aromatic N) is 2. The number of aryl methyl sites for hydroxylation is 1. The highest BCUT2D eigenvalue weighted by atomic mass is 16.2. The van der Waals surface area contributed by atoms with Gasteiger partial charge in [-0.2, -0.15) is 0 Å². The molecule has 1 aliphatic carbocycles. The fourth-order valence-corrected chi connectivity index (χ4v) is 5.65. The van der Waals surface area contributed by atoms with E-state index in [-0.39, 0.29) is 17.9 Å². The quantitative estimate of drug-likeness (QED) is 0.555. The molecule has 1 fully saturated rings. The summed E-state index contributed by atoms with van der Waals surface area (Å²) in [7, 11) is 0. The van der Waals surface area contributed by atoms with Gasteiger partial charge in [-0.3, -0.25) is 9.59 Å². The highest BCUT2D eigenvalue weighted by Crippen LogP contribution is 2.34. The Morgan fingerprint density at radius 3 is 2.44 bits per heavy atom. The molecule has 1 atom stereocenters. The number of fused-ring (bicyclic) bond motifs is 3. The first kappa shape index (κ1) is 22.7. The third-order valence-corrected chi connectivity index (χ3v) is 7.86. The number of hydrogen-bond donors (Lipinski definition) is 1. The molecule has 1 N–H and O–H groups in total. The van der Waals surface area contributed by atoms with E-state index in [9.17, 15) is 9.59 Å². The molecule has 5 nitrogen and oxygen atoms in total. The average molecular weight is 458 g/mol. The number of carbonyl (C=O) groups is 2. The lowest BCUT2D eigenvalue weighted by atomic mass is 9.91. The molecule has 2 amide bonds. The highest BCUT2D eigenvalue weighted by Gasteiger charge is 2.48. The number of carbonyl (C=O) groups excluding carboxylic acids is 2. The van der Waals surface area contributed by atoms with E-state index in [1.54, 1.807) is 0 Å². The lowest BCUT2D eigenvalue weighted by molar-refractivity contribution is -0.134. The predicted molar refractivity (Wildman–Crippen MR) is 136 cm³/mol. The monoisotopic (exact) mass is 457 g/mol. The van der Waals surface area contributed by atoms with Gasteiger partial charge in [0, 0.05) is 23.5 Å². The molecule has 34 heavy (non-hydrogen) atoms. The van der Waals surface area contributed by atoms with Gasteiger partial charge in [-0.05, 0) is 49.9 Å². The number of para-hydroxylation sites is 1. The third kappa shape index (κ3) is 4.13. The SMILES string of the molecule is Cc1ccccc1CN1C(=O)c2cc3ccccc3n2C[C@@]1(C)C(=O)NC1CCCCCCC1. The zero-order chi connectivity index (χ0) is 23.7. The summed E-state index contributed by atoms with van der Waals surface area (Å²) in [5.74, 6) is -0.121. The van der Waals surface area contributed by atoms with Crippen molar-refractivity contribution in [3.05, 3.63) is 71.4 Å². The summed E-state index contributed by atoms with van der Waals surface area (Å²) in [6.45, 7) is 4.87. The second-order valence-electron chi connectivity index (χ2n) is 10.3. The van der Waals surface area contributed by atoms with Crippen molar-refractivity contribution in [2.45, 2.75) is 83.5 Å². The molecule has 178 valence electrons. The first-order valence-electron chi connectivity index (χ1n) is 12.7. The van der Waals surface area contributed by atoms with E-state index in [2.05, 4.69) is 24.4 Å². The lowest BCUT2D eigenvalue weighted by Gasteiger charge is -2.45. The van der Waals surface area contributed by atoms with Crippen molar-refractivity contribution in [2.24, 2.45) is 0 Å². The van der Waals surface area contributed by atoms with Crippen molar-refractivity contribution in [2.75, 3.05) is 0 Å². The minimum absolute atomic E-state index is 0.0385. The predicted octanol–water partition coefficient (Wildman–Crippen LogP) is 5.59. The summed E-state index contributed by atoms with van der Waals surface area (Å²) in [4.78, 5) is 29.7. The second-order valence-corrected chi connectivity index (χ2v) is 10.3. The van der Waals surface area contributed by atoms with Crippen LogP contribution < -0.4 is 5.32 Å². The van der Waals surface area contributed by atoms with E-state index in [1.165, 1.54) is 19.3 Å². The van der Waals surface area contributed by atoms with Gasteiger partial charge in [0.05, 0.1) is 6.54 Å². The van der Waals surface area contributed by atoms with Crippen LogP contribution in [0.25, 0.3) is 10.9 Å². The van der Waals surface area contributed by atoms with Gasteiger partial charge in [-0.1, -0.05) is 74.6 Å². The van der Waals surface area contributed by atoms with Crippen LogP contribution in [0, 0.1) is 6.92 Å². The molecule has 1 aliphatic heterocycles. The molecule has 2 aliphatic rings. The minimum Gasteiger partial charge on any atom is -0.351 e. The Morgan fingerprint density at radius 2 is 1.68 bits per heavy atom. The summed E-state index contributed by atoms with van der Waals surface area (Å²) in [6.07, 6.45) is 8.11. The van der Waals surface area contributed by atoms with Crippen LogP contribution in [0.4, 0.5) is 0 Å². The van der Waals surface area contributed by atoms with E-state index >= 15 is 0 Å².